The SMILES string of the molecule is COc1cccc(CCC(=O)n2[nH]c(CN)cc2=O)c1. The summed E-state index contributed by atoms with van der Waals surface area (Å²) in [7, 11) is 1.59. The maximum atomic E-state index is 12.0. The van der Waals surface area contributed by atoms with Gasteiger partial charge in [0.05, 0.1) is 12.8 Å². The van der Waals surface area contributed by atoms with Crippen LogP contribution in [0.5, 0.6) is 5.75 Å². The fourth-order valence-electron chi connectivity index (χ4n) is 1.93. The number of H-pyrrole nitrogens is 1. The van der Waals surface area contributed by atoms with Gasteiger partial charge in [-0.05, 0) is 24.1 Å². The zero-order valence-electron chi connectivity index (χ0n) is 11.3. The molecule has 0 radical (unpaired) electrons. The first kappa shape index (κ1) is 14.1. The summed E-state index contributed by atoms with van der Waals surface area (Å²) < 4.78 is 6.13. The van der Waals surface area contributed by atoms with Crippen LogP contribution in [0.25, 0.3) is 0 Å². The normalized spacial score (nSPS) is 10.5. The lowest BCUT2D eigenvalue weighted by Crippen LogP contribution is -2.24. The van der Waals surface area contributed by atoms with Crippen molar-refractivity contribution in [3.05, 3.63) is 51.9 Å². The number of aromatic amines is 1. The number of ether oxygens (including phenoxy) is 1. The number of aryl methyl sites for hydroxylation is 1. The summed E-state index contributed by atoms with van der Waals surface area (Å²) in [5.74, 6) is 0.468. The molecule has 0 saturated heterocycles. The number of nitrogens with one attached hydrogen (secondary N) is 1. The average Bonchev–Trinajstić information content (AvgIpc) is 2.86. The predicted octanol–water partition coefficient (Wildman–Crippen LogP) is 0.917. The molecule has 6 heteroatoms. The van der Waals surface area contributed by atoms with Gasteiger partial charge in [0.25, 0.3) is 5.56 Å². The third kappa shape index (κ3) is 3.16. The topological polar surface area (TPSA) is 90.1 Å². The molecule has 0 saturated carbocycles. The number of benzene rings is 1. The maximum Gasteiger partial charge on any atom is 0.273 e. The van der Waals surface area contributed by atoms with E-state index in [1.165, 1.54) is 6.07 Å². The van der Waals surface area contributed by atoms with E-state index in [0.717, 1.165) is 16.0 Å². The van der Waals surface area contributed by atoms with E-state index in [1.807, 2.05) is 24.3 Å². The molecule has 0 aliphatic rings. The Morgan fingerprint density at radius 3 is 2.85 bits per heavy atom. The van der Waals surface area contributed by atoms with Crippen LogP contribution in [0, 0.1) is 0 Å². The van der Waals surface area contributed by atoms with Gasteiger partial charge in [0, 0.05) is 19.0 Å². The molecule has 0 fully saturated rings. The number of aromatic nitrogens is 2. The van der Waals surface area contributed by atoms with Gasteiger partial charge in [-0.2, -0.15) is 4.68 Å². The van der Waals surface area contributed by atoms with E-state index in [9.17, 15) is 9.59 Å². The van der Waals surface area contributed by atoms with Gasteiger partial charge in [-0.1, -0.05) is 12.1 Å². The Hall–Kier alpha value is -2.34. The van der Waals surface area contributed by atoms with E-state index in [1.54, 1.807) is 7.11 Å². The van der Waals surface area contributed by atoms with Crippen molar-refractivity contribution in [2.45, 2.75) is 19.4 Å². The molecule has 1 heterocycles. The fourth-order valence-corrected chi connectivity index (χ4v) is 1.93. The van der Waals surface area contributed by atoms with Crippen molar-refractivity contribution >= 4 is 5.91 Å². The Labute approximate surface area is 116 Å². The molecule has 0 spiro atoms. The van der Waals surface area contributed by atoms with Gasteiger partial charge in [0.1, 0.15) is 5.75 Å². The van der Waals surface area contributed by atoms with Crippen LogP contribution in [-0.2, 0) is 13.0 Å². The number of hydrogen-bond acceptors (Lipinski definition) is 4. The Balaban J connectivity index is 2.04. The fraction of sp³-hybridized carbons (Fsp3) is 0.286. The van der Waals surface area contributed by atoms with Crippen LogP contribution in [0.2, 0.25) is 0 Å². The van der Waals surface area contributed by atoms with E-state index < -0.39 is 0 Å². The summed E-state index contributed by atoms with van der Waals surface area (Å²) in [6.45, 7) is 0.200. The zero-order valence-corrected chi connectivity index (χ0v) is 11.3. The second kappa shape index (κ2) is 6.21. The lowest BCUT2D eigenvalue weighted by atomic mass is 10.1. The highest BCUT2D eigenvalue weighted by Gasteiger charge is 2.10. The third-order valence-electron chi connectivity index (χ3n) is 3.00. The molecule has 6 nitrogen and oxygen atoms in total. The molecule has 3 N–H and O–H groups in total. The second-order valence-electron chi connectivity index (χ2n) is 4.40. The molecular formula is C14H17N3O3. The van der Waals surface area contributed by atoms with Gasteiger partial charge in [-0.3, -0.25) is 14.7 Å². The van der Waals surface area contributed by atoms with Crippen molar-refractivity contribution in [1.82, 2.24) is 9.78 Å². The molecule has 0 amide bonds. The molecule has 1 aromatic carbocycles. The van der Waals surface area contributed by atoms with Gasteiger partial charge < -0.3 is 10.5 Å². The number of nitrogens with two attached hydrogens (primary N) is 1. The quantitative estimate of drug-likeness (QED) is 0.849. The van der Waals surface area contributed by atoms with Crippen LogP contribution >= 0.6 is 0 Å². The molecule has 2 aromatic rings. The summed E-state index contributed by atoms with van der Waals surface area (Å²) in [5.41, 5.74) is 6.58. The van der Waals surface area contributed by atoms with Crippen LogP contribution in [0.15, 0.2) is 35.1 Å². The minimum Gasteiger partial charge on any atom is -0.497 e. The highest BCUT2D eigenvalue weighted by atomic mass is 16.5. The minimum atomic E-state index is -0.374. The van der Waals surface area contributed by atoms with Gasteiger partial charge in [0.2, 0.25) is 5.91 Å². The lowest BCUT2D eigenvalue weighted by Gasteiger charge is -2.04. The van der Waals surface area contributed by atoms with Crippen LogP contribution < -0.4 is 16.0 Å². The van der Waals surface area contributed by atoms with Crippen molar-refractivity contribution in [3.63, 3.8) is 0 Å². The van der Waals surface area contributed by atoms with E-state index in [0.29, 0.717) is 12.1 Å². The van der Waals surface area contributed by atoms with Crippen LogP contribution in [0.4, 0.5) is 0 Å². The third-order valence-corrected chi connectivity index (χ3v) is 3.00. The number of rotatable bonds is 5. The van der Waals surface area contributed by atoms with E-state index in [2.05, 4.69) is 5.10 Å². The molecule has 0 atom stereocenters. The summed E-state index contributed by atoms with van der Waals surface area (Å²) in [4.78, 5) is 23.6. The smallest absolute Gasteiger partial charge is 0.273 e. The van der Waals surface area contributed by atoms with Gasteiger partial charge in [-0.25, -0.2) is 0 Å². The van der Waals surface area contributed by atoms with Crippen molar-refractivity contribution in [1.29, 1.82) is 0 Å². The van der Waals surface area contributed by atoms with Crippen molar-refractivity contribution < 1.29 is 9.53 Å². The van der Waals surface area contributed by atoms with Gasteiger partial charge in [0.15, 0.2) is 0 Å². The van der Waals surface area contributed by atoms with E-state index >= 15 is 0 Å². The average molecular weight is 275 g/mol. The van der Waals surface area contributed by atoms with Crippen LogP contribution in [-0.4, -0.2) is 22.8 Å². The molecule has 20 heavy (non-hydrogen) atoms. The van der Waals surface area contributed by atoms with E-state index in [4.69, 9.17) is 10.5 Å². The largest absolute Gasteiger partial charge is 0.497 e. The van der Waals surface area contributed by atoms with Gasteiger partial charge >= 0.3 is 0 Å². The first-order valence-corrected chi connectivity index (χ1v) is 6.31. The second-order valence-corrected chi connectivity index (χ2v) is 4.40. The summed E-state index contributed by atoms with van der Waals surface area (Å²) >= 11 is 0. The number of carbonyl (C=O) groups is 1. The molecular weight excluding hydrogens is 258 g/mol. The minimum absolute atomic E-state index is 0.200. The predicted molar refractivity (Wildman–Crippen MR) is 74.9 cm³/mol. The number of hydrogen-bond donors (Lipinski definition) is 2. The molecule has 0 aliphatic carbocycles. The molecule has 1 aromatic heterocycles. The highest BCUT2D eigenvalue weighted by molar-refractivity contribution is 5.78. The Kier molecular flexibility index (Phi) is 4.37. The Morgan fingerprint density at radius 2 is 2.20 bits per heavy atom. The van der Waals surface area contributed by atoms with Crippen LogP contribution in [0.3, 0.4) is 0 Å². The highest BCUT2D eigenvalue weighted by Crippen LogP contribution is 2.14. The summed E-state index contributed by atoms with van der Waals surface area (Å²) in [6.07, 6.45) is 0.775. The number of carbonyl (C=O) groups excluding carboxylic acids is 1. The number of nitrogens with zero attached hydrogens (tertiary/aromatic N) is 1. The van der Waals surface area contributed by atoms with Crippen LogP contribution in [0.1, 0.15) is 22.5 Å². The first-order chi connectivity index (χ1) is 9.63. The summed E-state index contributed by atoms with van der Waals surface area (Å²) in [5, 5.41) is 2.69. The Bertz CT molecular complexity index is 658. The van der Waals surface area contributed by atoms with Gasteiger partial charge in [-0.15, -0.1) is 0 Å². The lowest BCUT2D eigenvalue weighted by molar-refractivity contribution is 0.0882. The maximum absolute atomic E-state index is 12.0. The Morgan fingerprint density at radius 1 is 1.40 bits per heavy atom. The first-order valence-electron chi connectivity index (χ1n) is 6.31. The van der Waals surface area contributed by atoms with Crippen molar-refractivity contribution in [2.75, 3.05) is 7.11 Å². The van der Waals surface area contributed by atoms with Crippen molar-refractivity contribution in [2.24, 2.45) is 5.73 Å². The zero-order chi connectivity index (χ0) is 14.5. The standard InChI is InChI=1S/C14H17N3O3/c1-20-12-4-2-3-10(7-12)5-6-13(18)17-14(19)8-11(9-15)16-17/h2-4,7-8,16H,5-6,9,15H2,1H3. The van der Waals surface area contributed by atoms with E-state index in [-0.39, 0.29) is 24.4 Å². The monoisotopic (exact) mass is 275 g/mol. The molecule has 106 valence electrons. The summed E-state index contributed by atoms with van der Waals surface area (Å²) in [6, 6.07) is 8.83. The molecule has 0 unspecified atom stereocenters. The molecule has 0 aliphatic heterocycles. The molecule has 0 bridgehead atoms. The molecule has 2 rings (SSSR count). The van der Waals surface area contributed by atoms with Crippen molar-refractivity contribution in [3.8, 4) is 5.75 Å². The number of methoxy groups -OCH3 is 1.